The SMILES string of the molecule is Cn1cncc1-c1cc2cnc(N)cc2n1-c1cccc(Cl)c1. The highest BCUT2D eigenvalue weighted by Gasteiger charge is 2.15. The summed E-state index contributed by atoms with van der Waals surface area (Å²) in [6.07, 6.45) is 5.40. The number of rotatable bonds is 2. The van der Waals surface area contributed by atoms with Crippen LogP contribution in [0.2, 0.25) is 5.02 Å². The second-order valence-corrected chi connectivity index (χ2v) is 5.84. The average molecular weight is 324 g/mol. The molecule has 4 aromatic rings. The lowest BCUT2D eigenvalue weighted by atomic mass is 10.2. The van der Waals surface area contributed by atoms with Gasteiger partial charge in [-0.15, -0.1) is 0 Å². The van der Waals surface area contributed by atoms with E-state index in [2.05, 4.69) is 20.6 Å². The number of nitrogens with two attached hydrogens (primary N) is 1. The Kier molecular flexibility index (Phi) is 3.09. The number of imidazole rings is 1. The first kappa shape index (κ1) is 13.8. The molecule has 0 radical (unpaired) electrons. The molecule has 0 unspecified atom stereocenters. The van der Waals surface area contributed by atoms with Crippen LogP contribution >= 0.6 is 11.6 Å². The zero-order valence-electron chi connectivity index (χ0n) is 12.4. The van der Waals surface area contributed by atoms with E-state index >= 15 is 0 Å². The topological polar surface area (TPSA) is 61.7 Å². The van der Waals surface area contributed by atoms with E-state index < -0.39 is 0 Å². The van der Waals surface area contributed by atoms with Crippen molar-refractivity contribution >= 4 is 28.3 Å². The number of halogens is 1. The lowest BCUT2D eigenvalue weighted by Gasteiger charge is -2.12. The van der Waals surface area contributed by atoms with Gasteiger partial charge in [-0.3, -0.25) is 0 Å². The molecule has 5 nitrogen and oxygen atoms in total. The van der Waals surface area contributed by atoms with E-state index in [1.165, 1.54) is 0 Å². The van der Waals surface area contributed by atoms with Crippen molar-refractivity contribution in [2.24, 2.45) is 7.05 Å². The number of hydrogen-bond donors (Lipinski definition) is 1. The zero-order valence-corrected chi connectivity index (χ0v) is 13.2. The number of anilines is 1. The maximum Gasteiger partial charge on any atom is 0.125 e. The van der Waals surface area contributed by atoms with Crippen LogP contribution < -0.4 is 5.73 Å². The van der Waals surface area contributed by atoms with Crippen LogP contribution in [0.15, 0.2) is 55.1 Å². The van der Waals surface area contributed by atoms with Crippen LogP contribution in [0.4, 0.5) is 5.82 Å². The molecule has 0 saturated heterocycles. The number of fused-ring (bicyclic) bond motifs is 1. The third kappa shape index (κ3) is 2.26. The highest BCUT2D eigenvalue weighted by atomic mass is 35.5. The van der Waals surface area contributed by atoms with Crippen LogP contribution in [0.1, 0.15) is 0 Å². The summed E-state index contributed by atoms with van der Waals surface area (Å²) in [6.45, 7) is 0. The minimum absolute atomic E-state index is 0.482. The van der Waals surface area contributed by atoms with Crippen molar-refractivity contribution in [1.29, 1.82) is 0 Å². The number of nitrogens with zero attached hydrogens (tertiary/aromatic N) is 4. The average Bonchev–Trinajstić information content (AvgIpc) is 3.10. The summed E-state index contributed by atoms with van der Waals surface area (Å²) in [5, 5.41) is 1.69. The van der Waals surface area contributed by atoms with Gasteiger partial charge in [0.05, 0.1) is 29.4 Å². The third-order valence-electron chi connectivity index (χ3n) is 3.85. The van der Waals surface area contributed by atoms with Gasteiger partial charge in [-0.2, -0.15) is 0 Å². The molecule has 0 aliphatic rings. The second kappa shape index (κ2) is 5.14. The molecule has 0 aliphatic heterocycles. The first-order chi connectivity index (χ1) is 11.1. The lowest BCUT2D eigenvalue weighted by molar-refractivity contribution is 0.911. The molecule has 2 N–H and O–H groups in total. The molecule has 4 rings (SSSR count). The largest absolute Gasteiger partial charge is 0.384 e. The molecule has 0 spiro atoms. The number of aryl methyl sites for hydroxylation is 1. The van der Waals surface area contributed by atoms with Crippen molar-refractivity contribution in [3.63, 3.8) is 0 Å². The molecule has 0 atom stereocenters. The molecule has 0 fully saturated rings. The normalized spacial score (nSPS) is 11.2. The third-order valence-corrected chi connectivity index (χ3v) is 4.09. The molecule has 114 valence electrons. The van der Waals surface area contributed by atoms with Crippen molar-refractivity contribution in [3.05, 3.63) is 60.1 Å². The van der Waals surface area contributed by atoms with E-state index in [4.69, 9.17) is 17.3 Å². The molecular weight excluding hydrogens is 310 g/mol. The van der Waals surface area contributed by atoms with E-state index in [-0.39, 0.29) is 0 Å². The molecule has 1 aromatic carbocycles. The fraction of sp³-hybridized carbons (Fsp3) is 0.0588. The highest BCUT2D eigenvalue weighted by Crippen LogP contribution is 2.32. The summed E-state index contributed by atoms with van der Waals surface area (Å²) in [6, 6.07) is 11.7. The summed E-state index contributed by atoms with van der Waals surface area (Å²) in [4.78, 5) is 8.41. The minimum atomic E-state index is 0.482. The summed E-state index contributed by atoms with van der Waals surface area (Å²) >= 11 is 6.18. The summed E-state index contributed by atoms with van der Waals surface area (Å²) in [7, 11) is 1.97. The number of aromatic nitrogens is 4. The molecule has 23 heavy (non-hydrogen) atoms. The maximum atomic E-state index is 6.18. The predicted octanol–water partition coefficient (Wildman–Crippen LogP) is 3.66. The van der Waals surface area contributed by atoms with Gasteiger partial charge in [-0.05, 0) is 24.3 Å². The Balaban J connectivity index is 2.10. The van der Waals surface area contributed by atoms with Gasteiger partial charge in [-0.1, -0.05) is 17.7 Å². The summed E-state index contributed by atoms with van der Waals surface area (Å²) in [5.41, 5.74) is 9.85. The van der Waals surface area contributed by atoms with Gasteiger partial charge >= 0.3 is 0 Å². The van der Waals surface area contributed by atoms with Crippen LogP contribution in [0.5, 0.6) is 0 Å². The monoisotopic (exact) mass is 323 g/mol. The van der Waals surface area contributed by atoms with Crippen LogP contribution in [-0.4, -0.2) is 19.1 Å². The van der Waals surface area contributed by atoms with E-state index in [0.29, 0.717) is 10.8 Å². The fourth-order valence-corrected chi connectivity index (χ4v) is 2.99. The van der Waals surface area contributed by atoms with E-state index in [1.54, 1.807) is 12.5 Å². The van der Waals surface area contributed by atoms with E-state index in [1.807, 2.05) is 48.1 Å². The van der Waals surface area contributed by atoms with E-state index in [0.717, 1.165) is 28.0 Å². The quantitative estimate of drug-likeness (QED) is 0.612. The lowest BCUT2D eigenvalue weighted by Crippen LogP contribution is -2.00. The molecule has 0 bridgehead atoms. The Bertz CT molecular complexity index is 1010. The standard InChI is InChI=1S/C17H14ClN5/c1-22-10-20-9-16(22)15-5-11-8-21-17(19)7-14(11)23(15)13-4-2-3-12(18)6-13/h2-10H,1H3,(H2,19,21). The zero-order chi connectivity index (χ0) is 16.0. The summed E-state index contributed by atoms with van der Waals surface area (Å²) in [5.74, 6) is 0.482. The van der Waals surface area contributed by atoms with Crippen molar-refractivity contribution in [2.45, 2.75) is 0 Å². The minimum Gasteiger partial charge on any atom is -0.384 e. The predicted molar refractivity (Wildman–Crippen MR) is 92.7 cm³/mol. The Morgan fingerprint density at radius 3 is 2.70 bits per heavy atom. The Labute approximate surface area is 138 Å². The van der Waals surface area contributed by atoms with Gasteiger partial charge < -0.3 is 14.9 Å². The van der Waals surface area contributed by atoms with Crippen molar-refractivity contribution in [2.75, 3.05) is 5.73 Å². The van der Waals surface area contributed by atoms with Crippen LogP contribution in [0.3, 0.4) is 0 Å². The molecule has 6 heteroatoms. The number of hydrogen-bond acceptors (Lipinski definition) is 3. The van der Waals surface area contributed by atoms with Crippen LogP contribution in [-0.2, 0) is 7.05 Å². The number of pyridine rings is 1. The van der Waals surface area contributed by atoms with Gasteiger partial charge in [0, 0.05) is 35.4 Å². The first-order valence-corrected chi connectivity index (χ1v) is 7.51. The summed E-state index contributed by atoms with van der Waals surface area (Å²) < 4.78 is 4.10. The maximum absolute atomic E-state index is 6.18. The van der Waals surface area contributed by atoms with Gasteiger partial charge in [-0.25, -0.2) is 9.97 Å². The Hall–Kier alpha value is -2.79. The van der Waals surface area contributed by atoms with Crippen LogP contribution in [0.25, 0.3) is 28.0 Å². The first-order valence-electron chi connectivity index (χ1n) is 7.13. The molecule has 0 aliphatic carbocycles. The number of nitrogen functional groups attached to an aromatic ring is 1. The molecule has 0 amide bonds. The molecular formula is C17H14ClN5. The van der Waals surface area contributed by atoms with Gasteiger partial charge in [0.25, 0.3) is 0 Å². The second-order valence-electron chi connectivity index (χ2n) is 5.40. The van der Waals surface area contributed by atoms with Gasteiger partial charge in [0.15, 0.2) is 0 Å². The Morgan fingerprint density at radius 2 is 1.96 bits per heavy atom. The smallest absolute Gasteiger partial charge is 0.125 e. The highest BCUT2D eigenvalue weighted by molar-refractivity contribution is 6.30. The van der Waals surface area contributed by atoms with Crippen molar-refractivity contribution < 1.29 is 0 Å². The number of benzene rings is 1. The van der Waals surface area contributed by atoms with Gasteiger partial charge in [0.2, 0.25) is 0 Å². The molecule has 3 heterocycles. The fourth-order valence-electron chi connectivity index (χ4n) is 2.80. The van der Waals surface area contributed by atoms with Crippen LogP contribution in [0, 0.1) is 0 Å². The molecule has 0 saturated carbocycles. The Morgan fingerprint density at radius 1 is 1.09 bits per heavy atom. The molecule has 3 aromatic heterocycles. The van der Waals surface area contributed by atoms with Gasteiger partial charge in [0.1, 0.15) is 5.82 Å². The van der Waals surface area contributed by atoms with Crippen molar-refractivity contribution in [1.82, 2.24) is 19.1 Å². The van der Waals surface area contributed by atoms with E-state index in [9.17, 15) is 0 Å². The van der Waals surface area contributed by atoms with Crippen molar-refractivity contribution in [3.8, 4) is 17.1 Å².